The molecule has 5 aromatic carbocycles. The predicted octanol–water partition coefficient (Wildman–Crippen LogP) is 8.24. The van der Waals surface area contributed by atoms with Crippen LogP contribution in [0.4, 0.5) is 16.2 Å². The highest BCUT2D eigenvalue weighted by Gasteiger charge is 2.34. The average molecular weight is 702 g/mol. The van der Waals surface area contributed by atoms with E-state index in [9.17, 15) is 9.90 Å². The number of para-hydroxylation sites is 1. The molecule has 52 heavy (non-hydrogen) atoms. The van der Waals surface area contributed by atoms with Crippen molar-refractivity contribution in [1.82, 2.24) is 4.90 Å². The number of aliphatic hydroxyl groups is 1. The van der Waals surface area contributed by atoms with Crippen LogP contribution in [-0.2, 0) is 29.0 Å². The number of hydrogen-bond acceptors (Lipinski definition) is 8. The molecule has 2 heterocycles. The molecule has 5 aromatic rings. The van der Waals surface area contributed by atoms with Crippen LogP contribution in [0, 0.1) is 0 Å². The maximum Gasteiger partial charge on any atom is 0.323 e. The zero-order valence-corrected chi connectivity index (χ0v) is 29.3. The summed E-state index contributed by atoms with van der Waals surface area (Å²) in [6, 6.07) is 35.9. The summed E-state index contributed by atoms with van der Waals surface area (Å²) in [5.74, 6) is 2.90. The van der Waals surface area contributed by atoms with Crippen molar-refractivity contribution in [3.05, 3.63) is 143 Å². The van der Waals surface area contributed by atoms with Gasteiger partial charge in [0.15, 0.2) is 17.8 Å². The fraction of sp³-hybridized carbons (Fsp3) is 0.262. The highest BCUT2D eigenvalue weighted by molar-refractivity contribution is 5.99. The van der Waals surface area contributed by atoms with E-state index in [0.29, 0.717) is 23.5 Å². The van der Waals surface area contributed by atoms with Gasteiger partial charge in [-0.2, -0.15) is 0 Å². The number of ether oxygens (including phenoxy) is 5. The molecule has 0 radical (unpaired) electrons. The van der Waals surface area contributed by atoms with Gasteiger partial charge in [0.25, 0.3) is 0 Å². The Morgan fingerprint density at radius 1 is 0.769 bits per heavy atom. The maximum absolute atomic E-state index is 12.8. The molecule has 3 unspecified atom stereocenters. The minimum Gasteiger partial charge on any atom is -0.493 e. The van der Waals surface area contributed by atoms with E-state index in [1.807, 2.05) is 91.0 Å². The number of carbonyl (C=O) groups excluding carboxylic acids is 1. The minimum atomic E-state index is -0.609. The number of urea groups is 1. The van der Waals surface area contributed by atoms with Gasteiger partial charge >= 0.3 is 6.03 Å². The minimum absolute atomic E-state index is 0.0122. The monoisotopic (exact) mass is 701 g/mol. The molecule has 3 atom stereocenters. The Bertz CT molecular complexity index is 1940. The normalized spacial score (nSPS) is 18.6. The zero-order valence-electron chi connectivity index (χ0n) is 29.3. The van der Waals surface area contributed by atoms with Crippen molar-refractivity contribution < 1.29 is 33.6 Å². The van der Waals surface area contributed by atoms with E-state index in [4.69, 9.17) is 23.7 Å². The van der Waals surface area contributed by atoms with Crippen LogP contribution in [0.25, 0.3) is 0 Å². The number of methoxy groups -OCH3 is 2. The molecule has 10 nitrogen and oxygen atoms in total. The third-order valence-corrected chi connectivity index (χ3v) is 9.41. The van der Waals surface area contributed by atoms with Gasteiger partial charge in [0.1, 0.15) is 11.5 Å². The van der Waals surface area contributed by atoms with Gasteiger partial charge in [0.05, 0.1) is 33.0 Å². The van der Waals surface area contributed by atoms with E-state index < -0.39 is 6.29 Å². The lowest BCUT2D eigenvalue weighted by molar-refractivity contribution is -0.253. The van der Waals surface area contributed by atoms with Crippen LogP contribution >= 0.6 is 0 Å². The van der Waals surface area contributed by atoms with Crippen LogP contribution in [0.3, 0.4) is 0 Å². The Kier molecular flexibility index (Phi) is 11.0. The summed E-state index contributed by atoms with van der Waals surface area (Å²) in [6.45, 7) is 2.41. The lowest BCUT2D eigenvalue weighted by Crippen LogP contribution is -2.41. The maximum atomic E-state index is 12.8. The molecule has 0 saturated carbocycles. The van der Waals surface area contributed by atoms with Crippen LogP contribution in [0.2, 0.25) is 0 Å². The standard InChI is InChI=1S/C42H43N3O7/c1-48-39-22-31-20-21-45(25-32(31)23-40(39)49-2)26-37-24-38(29-10-8-28(27-46)9-11-29)52-41(51-37)30-12-14-33(15-13-30)43-42(47)44-34-16-18-36(19-17-34)50-35-6-4-3-5-7-35/h3-19,22-23,37-38,41,46H,20-21,24-27H2,1-2H3,(H2,43,44,47). The molecular formula is C42H43N3O7. The Labute approximate surface area is 303 Å². The summed E-state index contributed by atoms with van der Waals surface area (Å²) in [7, 11) is 3.33. The second-order valence-corrected chi connectivity index (χ2v) is 13.0. The highest BCUT2D eigenvalue weighted by Crippen LogP contribution is 2.39. The first kappa shape index (κ1) is 35.0. The molecule has 3 N–H and O–H groups in total. The molecule has 2 amide bonds. The summed E-state index contributed by atoms with van der Waals surface area (Å²) in [5, 5.41) is 15.4. The van der Waals surface area contributed by atoms with E-state index in [0.717, 1.165) is 60.0 Å². The molecule has 0 bridgehead atoms. The number of fused-ring (bicyclic) bond motifs is 1. The molecule has 0 aromatic heterocycles. The lowest BCUT2D eigenvalue weighted by Gasteiger charge is -2.39. The van der Waals surface area contributed by atoms with Crippen LogP contribution in [0.15, 0.2) is 115 Å². The Balaban J connectivity index is 1.00. The molecule has 7 rings (SSSR count). The van der Waals surface area contributed by atoms with Crippen molar-refractivity contribution in [2.45, 2.75) is 44.5 Å². The van der Waals surface area contributed by atoms with Crippen molar-refractivity contribution in [1.29, 1.82) is 0 Å². The number of aliphatic hydroxyl groups excluding tert-OH is 1. The summed E-state index contributed by atoms with van der Waals surface area (Å²) >= 11 is 0. The lowest BCUT2D eigenvalue weighted by atomic mass is 9.97. The van der Waals surface area contributed by atoms with Gasteiger partial charge < -0.3 is 39.4 Å². The van der Waals surface area contributed by atoms with Crippen molar-refractivity contribution >= 4 is 17.4 Å². The number of amides is 2. The molecule has 1 fully saturated rings. The van der Waals surface area contributed by atoms with E-state index in [2.05, 4.69) is 27.7 Å². The summed E-state index contributed by atoms with van der Waals surface area (Å²) < 4.78 is 30.1. The fourth-order valence-corrected chi connectivity index (χ4v) is 6.67. The van der Waals surface area contributed by atoms with Crippen molar-refractivity contribution in [3.8, 4) is 23.0 Å². The quantitative estimate of drug-likeness (QED) is 0.126. The summed E-state index contributed by atoms with van der Waals surface area (Å²) in [5.41, 5.74) is 6.50. The van der Waals surface area contributed by atoms with E-state index in [1.165, 1.54) is 11.1 Å². The highest BCUT2D eigenvalue weighted by atomic mass is 16.7. The summed E-state index contributed by atoms with van der Waals surface area (Å²) in [4.78, 5) is 15.2. The molecule has 0 aliphatic carbocycles. The molecule has 268 valence electrons. The SMILES string of the molecule is COc1cc2c(cc1OC)CN(CC1CC(c3ccc(CO)cc3)OC(c3ccc(NC(=O)Nc4ccc(Oc5ccccc5)cc4)cc3)O1)CC2. The molecule has 0 spiro atoms. The zero-order chi connectivity index (χ0) is 35.9. The van der Waals surface area contributed by atoms with Crippen LogP contribution < -0.4 is 24.8 Å². The number of hydrogen-bond donors (Lipinski definition) is 3. The third-order valence-electron chi connectivity index (χ3n) is 9.41. The van der Waals surface area contributed by atoms with Gasteiger partial charge in [-0.1, -0.05) is 54.6 Å². The van der Waals surface area contributed by atoms with Crippen LogP contribution in [-0.4, -0.2) is 49.5 Å². The first-order chi connectivity index (χ1) is 25.5. The first-order valence-corrected chi connectivity index (χ1v) is 17.4. The molecule has 2 aliphatic rings. The Morgan fingerprint density at radius 3 is 2.04 bits per heavy atom. The smallest absolute Gasteiger partial charge is 0.323 e. The predicted molar refractivity (Wildman–Crippen MR) is 199 cm³/mol. The number of benzene rings is 5. The van der Waals surface area contributed by atoms with Crippen LogP contribution in [0.5, 0.6) is 23.0 Å². The van der Waals surface area contributed by atoms with Crippen LogP contribution in [0.1, 0.15) is 46.6 Å². The van der Waals surface area contributed by atoms with Gasteiger partial charge in [-0.15, -0.1) is 0 Å². The Hall–Kier alpha value is -5.39. The molecule has 10 heteroatoms. The van der Waals surface area contributed by atoms with Gasteiger partial charge in [-0.3, -0.25) is 4.90 Å². The number of carbonyl (C=O) groups is 1. The second kappa shape index (κ2) is 16.3. The summed E-state index contributed by atoms with van der Waals surface area (Å²) in [6.07, 6.45) is 0.678. The van der Waals surface area contributed by atoms with Crippen molar-refractivity contribution in [3.63, 3.8) is 0 Å². The van der Waals surface area contributed by atoms with Crippen molar-refractivity contribution in [2.75, 3.05) is 37.9 Å². The van der Waals surface area contributed by atoms with E-state index in [-0.39, 0.29) is 24.8 Å². The first-order valence-electron chi connectivity index (χ1n) is 17.4. The topological polar surface area (TPSA) is 111 Å². The van der Waals surface area contributed by atoms with Gasteiger partial charge in [0, 0.05) is 43.0 Å². The van der Waals surface area contributed by atoms with Gasteiger partial charge in [0.2, 0.25) is 0 Å². The molecule has 2 aliphatic heterocycles. The number of rotatable bonds is 11. The van der Waals surface area contributed by atoms with Crippen molar-refractivity contribution in [2.24, 2.45) is 0 Å². The van der Waals surface area contributed by atoms with Gasteiger partial charge in [-0.05, 0) is 89.3 Å². The number of nitrogens with one attached hydrogen (secondary N) is 2. The third kappa shape index (κ3) is 8.55. The van der Waals surface area contributed by atoms with E-state index in [1.54, 1.807) is 26.4 Å². The fourth-order valence-electron chi connectivity index (χ4n) is 6.67. The van der Waals surface area contributed by atoms with E-state index >= 15 is 0 Å². The largest absolute Gasteiger partial charge is 0.493 e. The van der Waals surface area contributed by atoms with Gasteiger partial charge in [-0.25, -0.2) is 4.79 Å². The molecular weight excluding hydrogens is 658 g/mol. The number of nitrogens with zero attached hydrogens (tertiary/aromatic N) is 1. The Morgan fingerprint density at radius 2 is 1.38 bits per heavy atom. The second-order valence-electron chi connectivity index (χ2n) is 13.0. The number of anilines is 2. The average Bonchev–Trinajstić information content (AvgIpc) is 3.18. The molecule has 1 saturated heterocycles.